The van der Waals surface area contributed by atoms with E-state index < -0.39 is 26.5 Å². The lowest BCUT2D eigenvalue weighted by Crippen LogP contribution is -2.37. The molecule has 0 radical (unpaired) electrons. The standard InChI is InChI=1S/C76H132NO8P/c1-6-8-10-12-14-16-18-20-22-24-26-28-30-32-34-36-37-38-39-41-42-44-46-48-50-52-54-56-58-60-62-64-66-68-75(78)82-72-74(73-84-86(80,81)83-71-70-77(3,4)5)85-76(79)69-67-65-63-61-59-57-55-53-51-49-47-45-43-40-35-33-31-29-27-25-23-21-19-17-15-13-11-9-7-2/h9,11,15,17-18,20-21,23-24,26-27,29,33,35,43,45,49,51,55,57,74H,6-8,10,12-14,16,19,22,25,28,30-32,34,36-42,44,46-48,50,52-54,56,58-73H2,1-5H3/p+1/b11-9-,17-15-,20-18-,23-21-,26-24-,29-27-,35-33-,45-43-,51-49-,57-55-. The second-order valence-corrected chi connectivity index (χ2v) is 26.0. The fourth-order valence-corrected chi connectivity index (χ4v) is 10.3. The van der Waals surface area contributed by atoms with Crippen molar-refractivity contribution >= 4 is 19.8 Å². The zero-order chi connectivity index (χ0) is 62.6. The average Bonchev–Trinajstić information content (AvgIpc) is 3.67. The van der Waals surface area contributed by atoms with E-state index in [2.05, 4.69) is 135 Å². The Morgan fingerprint density at radius 1 is 0.372 bits per heavy atom. The van der Waals surface area contributed by atoms with Gasteiger partial charge in [0, 0.05) is 12.8 Å². The van der Waals surface area contributed by atoms with Crippen molar-refractivity contribution < 1.29 is 42.1 Å². The minimum atomic E-state index is -4.41. The van der Waals surface area contributed by atoms with E-state index in [1.807, 2.05) is 21.1 Å². The molecule has 86 heavy (non-hydrogen) atoms. The first kappa shape index (κ1) is 82.4. The van der Waals surface area contributed by atoms with Crippen LogP contribution in [0.3, 0.4) is 0 Å². The number of esters is 2. The molecule has 0 aromatic rings. The summed E-state index contributed by atoms with van der Waals surface area (Å²) in [5.41, 5.74) is 0. The summed E-state index contributed by atoms with van der Waals surface area (Å²) in [4.78, 5) is 35.9. The second kappa shape index (κ2) is 65.8. The zero-order valence-corrected chi connectivity index (χ0v) is 57.2. The van der Waals surface area contributed by atoms with Gasteiger partial charge in [-0.3, -0.25) is 18.6 Å². The number of quaternary nitrogens is 1. The molecule has 9 nitrogen and oxygen atoms in total. The maximum atomic E-state index is 12.9. The van der Waals surface area contributed by atoms with Gasteiger partial charge in [0.25, 0.3) is 0 Å². The normalized spacial score (nSPS) is 13.9. The van der Waals surface area contributed by atoms with Crippen LogP contribution in [0, 0.1) is 0 Å². The Morgan fingerprint density at radius 2 is 0.663 bits per heavy atom. The van der Waals surface area contributed by atoms with E-state index in [0.717, 1.165) is 103 Å². The first-order valence-electron chi connectivity index (χ1n) is 35.3. The molecule has 0 saturated heterocycles. The van der Waals surface area contributed by atoms with Crippen LogP contribution in [0.1, 0.15) is 296 Å². The van der Waals surface area contributed by atoms with Gasteiger partial charge in [-0.1, -0.05) is 296 Å². The summed E-state index contributed by atoms with van der Waals surface area (Å²) in [5.74, 6) is -0.824. The molecule has 0 heterocycles. The summed E-state index contributed by atoms with van der Waals surface area (Å²) in [5, 5.41) is 0. The van der Waals surface area contributed by atoms with E-state index in [-0.39, 0.29) is 32.0 Å². The zero-order valence-electron chi connectivity index (χ0n) is 56.3. The van der Waals surface area contributed by atoms with Gasteiger partial charge in [-0.15, -0.1) is 0 Å². The van der Waals surface area contributed by atoms with Crippen LogP contribution in [0.15, 0.2) is 122 Å². The lowest BCUT2D eigenvalue weighted by Gasteiger charge is -2.24. The van der Waals surface area contributed by atoms with Crippen LogP contribution in [0.4, 0.5) is 0 Å². The number of phosphoric acid groups is 1. The molecule has 494 valence electrons. The summed E-state index contributed by atoms with van der Waals surface area (Å²) < 4.78 is 34.7. The number of carbonyl (C=O) groups excluding carboxylic acids is 2. The lowest BCUT2D eigenvalue weighted by atomic mass is 10.0. The summed E-state index contributed by atoms with van der Waals surface area (Å²) in [6.45, 7) is 4.30. The minimum Gasteiger partial charge on any atom is -0.462 e. The van der Waals surface area contributed by atoms with Crippen LogP contribution in [0.25, 0.3) is 0 Å². The SMILES string of the molecule is CC/C=C\C/C=C\C/C=C\C/C=C\C/C=C\C/C=C\C/C=C\C/C=C\CCCCCCC(=O)OC(COC(=O)CCCCCCCCCCCCCCCCCCCCCCC/C=C\C/C=C\CCCCCCC)COP(=O)(O)OCC[N+](C)(C)C. The molecule has 2 unspecified atom stereocenters. The number of unbranched alkanes of at least 4 members (excludes halogenated alkanes) is 30. The fourth-order valence-electron chi connectivity index (χ4n) is 9.59. The Kier molecular flexibility index (Phi) is 63.1. The Morgan fingerprint density at radius 3 is 0.988 bits per heavy atom. The van der Waals surface area contributed by atoms with Crippen LogP contribution in [-0.2, 0) is 32.7 Å². The molecule has 0 aliphatic heterocycles. The highest BCUT2D eigenvalue weighted by molar-refractivity contribution is 7.47. The summed E-state index contributed by atoms with van der Waals surface area (Å²) in [6.07, 6.45) is 94.5. The monoisotopic (exact) mass is 1220 g/mol. The number of nitrogens with zero attached hydrogens (tertiary/aromatic N) is 1. The van der Waals surface area contributed by atoms with Crippen LogP contribution in [0.5, 0.6) is 0 Å². The van der Waals surface area contributed by atoms with Crippen molar-refractivity contribution in [1.82, 2.24) is 0 Å². The van der Waals surface area contributed by atoms with E-state index in [4.69, 9.17) is 18.5 Å². The second-order valence-electron chi connectivity index (χ2n) is 24.5. The quantitative estimate of drug-likeness (QED) is 0.0211. The maximum absolute atomic E-state index is 12.9. The molecule has 0 aliphatic rings. The lowest BCUT2D eigenvalue weighted by molar-refractivity contribution is -0.870. The predicted octanol–water partition coefficient (Wildman–Crippen LogP) is 23.0. The Balaban J connectivity index is 4.10. The third-order valence-electron chi connectivity index (χ3n) is 15.0. The molecule has 0 aromatic heterocycles. The molecule has 0 aliphatic carbocycles. The number of hydrogen-bond donors (Lipinski definition) is 1. The van der Waals surface area contributed by atoms with Gasteiger partial charge in [0.1, 0.15) is 19.8 Å². The number of allylic oxidation sites excluding steroid dienone is 20. The van der Waals surface area contributed by atoms with Crippen molar-refractivity contribution in [3.63, 3.8) is 0 Å². The molecular weight excluding hydrogens is 1090 g/mol. The van der Waals surface area contributed by atoms with Gasteiger partial charge < -0.3 is 18.9 Å². The number of ether oxygens (including phenoxy) is 2. The van der Waals surface area contributed by atoms with Crippen molar-refractivity contribution in [3.05, 3.63) is 122 Å². The van der Waals surface area contributed by atoms with E-state index in [1.54, 1.807) is 0 Å². The largest absolute Gasteiger partial charge is 0.472 e. The van der Waals surface area contributed by atoms with Gasteiger partial charge in [-0.25, -0.2) is 4.57 Å². The summed E-state index contributed by atoms with van der Waals surface area (Å²) in [6, 6.07) is 0. The van der Waals surface area contributed by atoms with Crippen LogP contribution in [0.2, 0.25) is 0 Å². The van der Waals surface area contributed by atoms with Gasteiger partial charge in [-0.2, -0.15) is 0 Å². The first-order chi connectivity index (χ1) is 42.0. The van der Waals surface area contributed by atoms with E-state index in [1.165, 1.54) is 161 Å². The molecular formula is C76H133NO8P+. The smallest absolute Gasteiger partial charge is 0.462 e. The number of rotatable bonds is 64. The van der Waals surface area contributed by atoms with E-state index in [0.29, 0.717) is 17.4 Å². The molecule has 0 amide bonds. The van der Waals surface area contributed by atoms with Crippen molar-refractivity contribution in [2.75, 3.05) is 47.5 Å². The van der Waals surface area contributed by atoms with Gasteiger partial charge in [0.05, 0.1) is 27.7 Å². The van der Waals surface area contributed by atoms with E-state index in [9.17, 15) is 19.0 Å². The van der Waals surface area contributed by atoms with Crippen LogP contribution in [-0.4, -0.2) is 74.9 Å². The molecule has 0 spiro atoms. The average molecular weight is 1220 g/mol. The summed E-state index contributed by atoms with van der Waals surface area (Å²) in [7, 11) is 1.45. The van der Waals surface area contributed by atoms with Crippen LogP contribution < -0.4 is 0 Å². The minimum absolute atomic E-state index is 0.0212. The highest BCUT2D eigenvalue weighted by atomic mass is 31.2. The van der Waals surface area contributed by atoms with Crippen molar-refractivity contribution in [1.29, 1.82) is 0 Å². The van der Waals surface area contributed by atoms with Crippen molar-refractivity contribution in [3.8, 4) is 0 Å². The molecule has 1 N–H and O–H groups in total. The Labute approximate surface area is 530 Å². The molecule has 0 aromatic carbocycles. The first-order valence-corrected chi connectivity index (χ1v) is 36.8. The predicted molar refractivity (Wildman–Crippen MR) is 371 cm³/mol. The number of carbonyl (C=O) groups is 2. The topological polar surface area (TPSA) is 108 Å². The van der Waals surface area contributed by atoms with Gasteiger partial charge in [0.2, 0.25) is 0 Å². The highest BCUT2D eigenvalue weighted by Crippen LogP contribution is 2.43. The maximum Gasteiger partial charge on any atom is 0.472 e. The molecule has 0 fully saturated rings. The van der Waals surface area contributed by atoms with Crippen molar-refractivity contribution in [2.24, 2.45) is 0 Å². The fraction of sp³-hybridized carbons (Fsp3) is 0.711. The van der Waals surface area contributed by atoms with Gasteiger partial charge in [0.15, 0.2) is 6.10 Å². The van der Waals surface area contributed by atoms with E-state index >= 15 is 0 Å². The van der Waals surface area contributed by atoms with Gasteiger partial charge in [-0.05, 0) is 109 Å². The third kappa shape index (κ3) is 69.5. The molecule has 10 heteroatoms. The number of hydrogen-bond acceptors (Lipinski definition) is 7. The molecule has 0 saturated carbocycles. The number of likely N-dealkylation sites (N-methyl/N-ethyl adjacent to an activating group) is 1. The van der Waals surface area contributed by atoms with Crippen molar-refractivity contribution in [2.45, 2.75) is 302 Å². The van der Waals surface area contributed by atoms with Gasteiger partial charge >= 0.3 is 19.8 Å². The number of phosphoric ester groups is 1. The third-order valence-corrected chi connectivity index (χ3v) is 16.0. The molecule has 0 rings (SSSR count). The van der Waals surface area contributed by atoms with Crippen LogP contribution >= 0.6 is 7.82 Å². The highest BCUT2D eigenvalue weighted by Gasteiger charge is 2.27. The Hall–Kier alpha value is -3.59. The molecule has 0 bridgehead atoms. The molecule has 2 atom stereocenters. The Bertz CT molecular complexity index is 1870. The summed E-state index contributed by atoms with van der Waals surface area (Å²) >= 11 is 0.